The first-order chi connectivity index (χ1) is 8.06. The number of nitrogens with zero attached hydrogens (tertiary/aromatic N) is 1. The van der Waals surface area contributed by atoms with Gasteiger partial charge in [0.15, 0.2) is 0 Å². The number of rotatable bonds is 2. The van der Waals surface area contributed by atoms with Crippen LogP contribution in [0.4, 0.5) is 26.0 Å². The Morgan fingerprint density at radius 1 is 1.24 bits per heavy atom. The van der Waals surface area contributed by atoms with E-state index in [1.54, 1.807) is 13.0 Å². The SMILES string of the molecule is Cc1cc(N)cnc1Nc1ccc(F)cc1F. The first kappa shape index (κ1) is 11.3. The van der Waals surface area contributed by atoms with E-state index in [9.17, 15) is 8.78 Å². The number of pyridine rings is 1. The van der Waals surface area contributed by atoms with Crippen LogP contribution in [0.2, 0.25) is 0 Å². The molecule has 3 N–H and O–H groups in total. The van der Waals surface area contributed by atoms with Crippen molar-refractivity contribution in [2.45, 2.75) is 6.92 Å². The van der Waals surface area contributed by atoms with Crippen LogP contribution < -0.4 is 11.1 Å². The average molecular weight is 235 g/mol. The van der Waals surface area contributed by atoms with Crippen LogP contribution in [0.3, 0.4) is 0 Å². The minimum Gasteiger partial charge on any atom is -0.397 e. The third-order valence-electron chi connectivity index (χ3n) is 2.28. The predicted octanol–water partition coefficient (Wildman–Crippen LogP) is 2.99. The quantitative estimate of drug-likeness (QED) is 0.841. The summed E-state index contributed by atoms with van der Waals surface area (Å²) in [5.41, 5.74) is 7.05. The number of hydrogen-bond donors (Lipinski definition) is 2. The summed E-state index contributed by atoms with van der Waals surface area (Å²) < 4.78 is 26.1. The van der Waals surface area contributed by atoms with Crippen LogP contribution in [0, 0.1) is 18.6 Å². The van der Waals surface area contributed by atoms with Gasteiger partial charge in [-0.05, 0) is 30.7 Å². The van der Waals surface area contributed by atoms with Gasteiger partial charge in [0, 0.05) is 6.07 Å². The second-order valence-corrected chi connectivity index (χ2v) is 3.68. The minimum absolute atomic E-state index is 0.173. The fourth-order valence-corrected chi connectivity index (χ4v) is 1.45. The lowest BCUT2D eigenvalue weighted by molar-refractivity contribution is 0.586. The molecule has 0 aliphatic carbocycles. The number of nitrogens with one attached hydrogen (secondary N) is 1. The van der Waals surface area contributed by atoms with Crippen molar-refractivity contribution in [2.24, 2.45) is 0 Å². The maximum atomic E-state index is 13.4. The third-order valence-corrected chi connectivity index (χ3v) is 2.28. The summed E-state index contributed by atoms with van der Waals surface area (Å²) in [6.07, 6.45) is 1.47. The highest BCUT2D eigenvalue weighted by Gasteiger charge is 2.06. The lowest BCUT2D eigenvalue weighted by atomic mass is 10.2. The zero-order valence-electron chi connectivity index (χ0n) is 9.17. The maximum Gasteiger partial charge on any atom is 0.149 e. The Labute approximate surface area is 97.3 Å². The van der Waals surface area contributed by atoms with Crippen LogP contribution >= 0.6 is 0 Å². The Kier molecular flexibility index (Phi) is 2.91. The van der Waals surface area contributed by atoms with Gasteiger partial charge in [0.1, 0.15) is 17.5 Å². The lowest BCUT2D eigenvalue weighted by Crippen LogP contribution is -2.00. The summed E-state index contributed by atoms with van der Waals surface area (Å²) in [6.45, 7) is 1.80. The van der Waals surface area contributed by atoms with Crippen molar-refractivity contribution in [1.29, 1.82) is 0 Å². The fourth-order valence-electron chi connectivity index (χ4n) is 1.45. The Bertz CT molecular complexity index is 506. The molecule has 0 fully saturated rings. The summed E-state index contributed by atoms with van der Waals surface area (Å²) in [6, 6.07) is 5.03. The second-order valence-electron chi connectivity index (χ2n) is 3.68. The number of nitrogens with two attached hydrogens (primary N) is 1. The predicted molar refractivity (Wildman–Crippen MR) is 63.0 cm³/mol. The average Bonchev–Trinajstić information content (AvgIpc) is 2.25. The molecule has 1 aromatic carbocycles. The summed E-state index contributed by atoms with van der Waals surface area (Å²) in [4.78, 5) is 4.04. The molecule has 0 bridgehead atoms. The van der Waals surface area contributed by atoms with Crippen molar-refractivity contribution in [2.75, 3.05) is 11.1 Å². The van der Waals surface area contributed by atoms with E-state index in [0.717, 1.165) is 11.6 Å². The number of aromatic nitrogens is 1. The Balaban J connectivity index is 2.31. The van der Waals surface area contributed by atoms with Gasteiger partial charge in [-0.1, -0.05) is 0 Å². The molecule has 17 heavy (non-hydrogen) atoms. The summed E-state index contributed by atoms with van der Waals surface area (Å²) >= 11 is 0. The molecule has 2 aromatic rings. The molecule has 0 spiro atoms. The highest BCUT2D eigenvalue weighted by Crippen LogP contribution is 2.22. The van der Waals surface area contributed by atoms with Gasteiger partial charge in [-0.2, -0.15) is 0 Å². The van der Waals surface area contributed by atoms with E-state index >= 15 is 0 Å². The molecule has 1 aromatic heterocycles. The van der Waals surface area contributed by atoms with Gasteiger partial charge in [0.25, 0.3) is 0 Å². The lowest BCUT2D eigenvalue weighted by Gasteiger charge is -2.09. The van der Waals surface area contributed by atoms with Gasteiger partial charge < -0.3 is 11.1 Å². The zero-order valence-corrected chi connectivity index (χ0v) is 9.17. The maximum absolute atomic E-state index is 13.4. The number of anilines is 3. The molecule has 0 saturated carbocycles. The van der Waals surface area contributed by atoms with Gasteiger partial charge >= 0.3 is 0 Å². The summed E-state index contributed by atoms with van der Waals surface area (Å²) in [7, 11) is 0. The second kappa shape index (κ2) is 4.37. The summed E-state index contributed by atoms with van der Waals surface area (Å²) in [5.74, 6) is -0.789. The van der Waals surface area contributed by atoms with Crippen LogP contribution in [0.5, 0.6) is 0 Å². The molecule has 0 aliphatic rings. The first-order valence-corrected chi connectivity index (χ1v) is 5.00. The topological polar surface area (TPSA) is 50.9 Å². The van der Waals surface area contributed by atoms with Crippen molar-refractivity contribution in [3.05, 3.63) is 47.7 Å². The molecule has 0 radical (unpaired) electrons. The third kappa shape index (κ3) is 2.50. The van der Waals surface area contributed by atoms with Gasteiger partial charge in [-0.15, -0.1) is 0 Å². The molecule has 3 nitrogen and oxygen atoms in total. The molecule has 0 amide bonds. The molecular formula is C12H11F2N3. The molecule has 88 valence electrons. The summed E-state index contributed by atoms with van der Waals surface area (Å²) in [5, 5.41) is 2.79. The number of nitrogen functional groups attached to an aromatic ring is 1. The van der Waals surface area contributed by atoms with E-state index < -0.39 is 11.6 Å². The number of benzene rings is 1. The van der Waals surface area contributed by atoms with E-state index in [-0.39, 0.29) is 5.69 Å². The van der Waals surface area contributed by atoms with E-state index in [2.05, 4.69) is 10.3 Å². The van der Waals surface area contributed by atoms with Gasteiger partial charge in [-0.25, -0.2) is 13.8 Å². The van der Waals surface area contributed by atoms with Crippen molar-refractivity contribution in [3.8, 4) is 0 Å². The molecule has 2 rings (SSSR count). The molecule has 0 saturated heterocycles. The van der Waals surface area contributed by atoms with Gasteiger partial charge in [-0.3, -0.25) is 0 Å². The number of aryl methyl sites for hydroxylation is 1. The Hall–Kier alpha value is -2.17. The van der Waals surface area contributed by atoms with E-state index in [4.69, 9.17) is 5.73 Å². The first-order valence-electron chi connectivity index (χ1n) is 5.00. The van der Waals surface area contributed by atoms with Crippen LogP contribution in [0.1, 0.15) is 5.56 Å². The monoisotopic (exact) mass is 235 g/mol. The Morgan fingerprint density at radius 2 is 2.00 bits per heavy atom. The Morgan fingerprint density at radius 3 is 2.65 bits per heavy atom. The van der Waals surface area contributed by atoms with Crippen LogP contribution in [-0.2, 0) is 0 Å². The van der Waals surface area contributed by atoms with E-state index in [1.165, 1.54) is 18.3 Å². The van der Waals surface area contributed by atoms with Crippen LogP contribution in [0.25, 0.3) is 0 Å². The molecular weight excluding hydrogens is 224 g/mol. The van der Waals surface area contributed by atoms with Gasteiger partial charge in [0.2, 0.25) is 0 Å². The number of hydrogen-bond acceptors (Lipinski definition) is 3. The highest BCUT2D eigenvalue weighted by atomic mass is 19.1. The van der Waals surface area contributed by atoms with E-state index in [1.807, 2.05) is 0 Å². The standard InChI is InChI=1S/C12H11F2N3/c1-7-4-9(15)6-16-12(7)17-11-3-2-8(13)5-10(11)14/h2-6H,15H2,1H3,(H,16,17). The molecule has 0 atom stereocenters. The molecule has 5 heteroatoms. The number of halogens is 2. The van der Waals surface area contributed by atoms with Crippen LogP contribution in [0.15, 0.2) is 30.5 Å². The zero-order chi connectivity index (χ0) is 12.4. The van der Waals surface area contributed by atoms with Crippen molar-refractivity contribution < 1.29 is 8.78 Å². The van der Waals surface area contributed by atoms with Crippen molar-refractivity contribution >= 4 is 17.2 Å². The normalized spacial score (nSPS) is 10.3. The molecule has 0 unspecified atom stereocenters. The van der Waals surface area contributed by atoms with Crippen LogP contribution in [-0.4, -0.2) is 4.98 Å². The van der Waals surface area contributed by atoms with Crippen molar-refractivity contribution in [3.63, 3.8) is 0 Å². The largest absolute Gasteiger partial charge is 0.397 e. The van der Waals surface area contributed by atoms with E-state index in [0.29, 0.717) is 11.5 Å². The smallest absolute Gasteiger partial charge is 0.149 e. The highest BCUT2D eigenvalue weighted by molar-refractivity contribution is 5.61. The minimum atomic E-state index is -0.664. The molecule has 0 aliphatic heterocycles. The fraction of sp³-hybridized carbons (Fsp3) is 0.0833. The van der Waals surface area contributed by atoms with Crippen molar-refractivity contribution in [1.82, 2.24) is 4.98 Å². The van der Waals surface area contributed by atoms with Gasteiger partial charge in [0.05, 0.1) is 17.6 Å². The molecule has 1 heterocycles.